The van der Waals surface area contributed by atoms with E-state index in [-0.39, 0.29) is 18.7 Å². The number of amidine groups is 1. The quantitative estimate of drug-likeness (QED) is 0.312. The highest BCUT2D eigenvalue weighted by molar-refractivity contribution is 5.97. The highest BCUT2D eigenvalue weighted by atomic mass is 19.1. The maximum atomic E-state index is 14.0. The Morgan fingerprint density at radius 2 is 1.73 bits per heavy atom. The minimum absolute atomic E-state index is 0.0368. The molecule has 0 saturated carbocycles. The molecule has 0 fully saturated rings. The Hall–Kier alpha value is -3.42. The summed E-state index contributed by atoms with van der Waals surface area (Å²) in [5.74, 6) is -1.13. The van der Waals surface area contributed by atoms with E-state index in [1.165, 1.54) is 6.07 Å². The molecule has 2 rings (SSSR count). The lowest BCUT2D eigenvalue weighted by atomic mass is 10.0. The van der Waals surface area contributed by atoms with Crippen LogP contribution in [0.2, 0.25) is 0 Å². The molecule has 1 amide bonds. The lowest BCUT2D eigenvalue weighted by molar-refractivity contribution is -0.144. The van der Waals surface area contributed by atoms with Crippen LogP contribution in [0.25, 0.3) is 0 Å². The van der Waals surface area contributed by atoms with Crippen LogP contribution >= 0.6 is 0 Å². The first kappa shape index (κ1) is 22.9. The van der Waals surface area contributed by atoms with Gasteiger partial charge in [-0.15, -0.1) is 0 Å². The number of hydrogen-bond donors (Lipinski definition) is 2. The van der Waals surface area contributed by atoms with Crippen molar-refractivity contribution in [3.8, 4) is 0 Å². The molecule has 160 valence electrons. The number of ether oxygens (including phenoxy) is 1. The van der Waals surface area contributed by atoms with Crippen LogP contribution in [-0.4, -0.2) is 29.5 Å². The van der Waals surface area contributed by atoms with Crippen LogP contribution in [0.4, 0.5) is 9.18 Å². The molecule has 0 bridgehead atoms. The van der Waals surface area contributed by atoms with Crippen molar-refractivity contribution in [2.75, 3.05) is 0 Å². The number of carbonyl (C=O) groups excluding carboxylic acids is 2. The second-order valence-electron chi connectivity index (χ2n) is 7.65. The molecule has 0 aliphatic carbocycles. The van der Waals surface area contributed by atoms with Crippen molar-refractivity contribution in [2.45, 2.75) is 45.3 Å². The fourth-order valence-corrected chi connectivity index (χ4v) is 2.58. The predicted octanol–water partition coefficient (Wildman–Crippen LogP) is 3.52. The molecule has 3 N–H and O–H groups in total. The van der Waals surface area contributed by atoms with E-state index in [1.54, 1.807) is 63.2 Å². The third-order valence-corrected chi connectivity index (χ3v) is 3.87. The summed E-state index contributed by atoms with van der Waals surface area (Å²) in [6.45, 7) is 5.15. The zero-order valence-corrected chi connectivity index (χ0v) is 17.2. The molecule has 0 aliphatic rings. The number of rotatable bonds is 7. The van der Waals surface area contributed by atoms with Gasteiger partial charge in [-0.2, -0.15) is 0 Å². The molecule has 0 spiro atoms. The SMILES string of the molecule is CC(C)(C)OC(=O)NC(CC(=O)O/N=C(\N)c1ccccc1)Cc1ccccc1F. The molecule has 8 heteroatoms. The van der Waals surface area contributed by atoms with Gasteiger partial charge in [-0.1, -0.05) is 53.7 Å². The zero-order chi connectivity index (χ0) is 22.1. The Labute approximate surface area is 175 Å². The highest BCUT2D eigenvalue weighted by Gasteiger charge is 2.23. The highest BCUT2D eigenvalue weighted by Crippen LogP contribution is 2.13. The number of halogens is 1. The summed E-state index contributed by atoms with van der Waals surface area (Å²) >= 11 is 0. The Morgan fingerprint density at radius 3 is 2.37 bits per heavy atom. The molecule has 0 heterocycles. The summed E-state index contributed by atoms with van der Waals surface area (Å²) in [5.41, 5.74) is 6.02. The third kappa shape index (κ3) is 7.90. The molecule has 7 nitrogen and oxygen atoms in total. The summed E-state index contributed by atoms with van der Waals surface area (Å²) in [6.07, 6.45) is -0.901. The molecule has 0 aromatic heterocycles. The van der Waals surface area contributed by atoms with Crippen molar-refractivity contribution in [1.82, 2.24) is 5.32 Å². The largest absolute Gasteiger partial charge is 0.444 e. The van der Waals surface area contributed by atoms with Gasteiger partial charge in [0, 0.05) is 11.6 Å². The van der Waals surface area contributed by atoms with Gasteiger partial charge in [0.15, 0.2) is 5.84 Å². The summed E-state index contributed by atoms with van der Waals surface area (Å²) in [6, 6.07) is 14.2. The minimum atomic E-state index is -0.766. The Bertz CT molecular complexity index is 895. The molecule has 0 aliphatic heterocycles. The lowest BCUT2D eigenvalue weighted by Gasteiger charge is -2.23. The number of benzene rings is 2. The van der Waals surface area contributed by atoms with Gasteiger partial charge >= 0.3 is 12.1 Å². The first-order valence-corrected chi connectivity index (χ1v) is 9.45. The van der Waals surface area contributed by atoms with Gasteiger partial charge in [-0.3, -0.25) is 0 Å². The van der Waals surface area contributed by atoms with Crippen LogP contribution in [0.1, 0.15) is 38.3 Å². The van der Waals surface area contributed by atoms with Crippen LogP contribution in [0.3, 0.4) is 0 Å². The fraction of sp³-hybridized carbons (Fsp3) is 0.318. The summed E-state index contributed by atoms with van der Waals surface area (Å²) < 4.78 is 19.3. The van der Waals surface area contributed by atoms with Gasteiger partial charge in [0.05, 0.1) is 6.42 Å². The summed E-state index contributed by atoms with van der Waals surface area (Å²) in [4.78, 5) is 29.3. The monoisotopic (exact) mass is 415 g/mol. The third-order valence-electron chi connectivity index (χ3n) is 3.87. The van der Waals surface area contributed by atoms with E-state index in [2.05, 4.69) is 10.5 Å². The van der Waals surface area contributed by atoms with Crippen molar-refractivity contribution in [3.05, 3.63) is 71.5 Å². The normalized spacial score (nSPS) is 12.7. The first-order chi connectivity index (χ1) is 14.1. The zero-order valence-electron chi connectivity index (χ0n) is 17.2. The second-order valence-corrected chi connectivity index (χ2v) is 7.65. The number of oxime groups is 1. The summed E-state index contributed by atoms with van der Waals surface area (Å²) in [7, 11) is 0. The molecule has 30 heavy (non-hydrogen) atoms. The van der Waals surface area contributed by atoms with Crippen LogP contribution in [0.15, 0.2) is 59.8 Å². The van der Waals surface area contributed by atoms with E-state index in [0.29, 0.717) is 11.1 Å². The molecule has 2 aromatic carbocycles. The predicted molar refractivity (Wildman–Crippen MR) is 111 cm³/mol. The minimum Gasteiger partial charge on any atom is -0.444 e. The average molecular weight is 415 g/mol. The molecule has 0 radical (unpaired) electrons. The molecule has 2 aromatic rings. The van der Waals surface area contributed by atoms with Crippen LogP contribution in [-0.2, 0) is 20.8 Å². The molecular formula is C22H26FN3O4. The fourth-order valence-electron chi connectivity index (χ4n) is 2.58. The first-order valence-electron chi connectivity index (χ1n) is 9.45. The van der Waals surface area contributed by atoms with Crippen LogP contribution in [0.5, 0.6) is 0 Å². The van der Waals surface area contributed by atoms with Gasteiger partial charge in [-0.25, -0.2) is 14.0 Å². The van der Waals surface area contributed by atoms with E-state index < -0.39 is 29.5 Å². The average Bonchev–Trinajstić information content (AvgIpc) is 2.67. The number of nitrogens with one attached hydrogen (secondary N) is 1. The van der Waals surface area contributed by atoms with E-state index in [9.17, 15) is 14.0 Å². The maximum absolute atomic E-state index is 14.0. The molecule has 1 unspecified atom stereocenters. The smallest absolute Gasteiger partial charge is 0.407 e. The number of hydrogen-bond acceptors (Lipinski definition) is 5. The van der Waals surface area contributed by atoms with E-state index in [1.807, 2.05) is 6.07 Å². The molecule has 1 atom stereocenters. The topological polar surface area (TPSA) is 103 Å². The van der Waals surface area contributed by atoms with Crippen molar-refractivity contribution in [2.24, 2.45) is 10.9 Å². The van der Waals surface area contributed by atoms with Gasteiger partial charge in [0.25, 0.3) is 0 Å². The number of nitrogens with two attached hydrogens (primary N) is 1. The Kier molecular flexibility index (Phi) is 7.91. The van der Waals surface area contributed by atoms with Crippen LogP contribution in [0, 0.1) is 5.82 Å². The Balaban J connectivity index is 2.06. The summed E-state index contributed by atoms with van der Waals surface area (Å²) in [5, 5.41) is 6.23. The van der Waals surface area contributed by atoms with Crippen LogP contribution < -0.4 is 11.1 Å². The van der Waals surface area contributed by atoms with Crippen molar-refractivity contribution in [1.29, 1.82) is 0 Å². The van der Waals surface area contributed by atoms with E-state index in [4.69, 9.17) is 15.3 Å². The molecular weight excluding hydrogens is 389 g/mol. The number of nitrogens with zero attached hydrogens (tertiary/aromatic N) is 1. The van der Waals surface area contributed by atoms with E-state index in [0.717, 1.165) is 0 Å². The number of carbonyl (C=O) groups is 2. The van der Waals surface area contributed by atoms with Crippen molar-refractivity contribution >= 4 is 17.9 Å². The van der Waals surface area contributed by atoms with Crippen molar-refractivity contribution < 1.29 is 23.6 Å². The molecule has 0 saturated heterocycles. The Morgan fingerprint density at radius 1 is 1.10 bits per heavy atom. The standard InChI is InChI=1S/C22H26FN3O4/c1-22(2,3)29-21(28)25-17(13-16-11-7-8-12-18(16)23)14-19(27)30-26-20(24)15-9-5-4-6-10-15/h4-12,17H,13-14H2,1-3H3,(H2,24,26)(H,25,28). The van der Waals surface area contributed by atoms with Gasteiger partial charge in [-0.05, 0) is 38.8 Å². The maximum Gasteiger partial charge on any atom is 0.407 e. The van der Waals surface area contributed by atoms with E-state index >= 15 is 0 Å². The van der Waals surface area contributed by atoms with Gasteiger partial charge in [0.1, 0.15) is 11.4 Å². The van der Waals surface area contributed by atoms with Gasteiger partial charge < -0.3 is 20.6 Å². The number of alkyl carbamates (subject to hydrolysis) is 1. The number of amides is 1. The lowest BCUT2D eigenvalue weighted by Crippen LogP contribution is -2.41. The van der Waals surface area contributed by atoms with Gasteiger partial charge in [0.2, 0.25) is 0 Å². The van der Waals surface area contributed by atoms with Crippen molar-refractivity contribution in [3.63, 3.8) is 0 Å². The second kappa shape index (κ2) is 10.4.